The van der Waals surface area contributed by atoms with Crippen LogP contribution in [0.1, 0.15) is 74.9 Å². The van der Waals surface area contributed by atoms with Crippen LogP contribution in [0.4, 0.5) is 8.78 Å². The highest BCUT2D eigenvalue weighted by molar-refractivity contribution is 7.11. The van der Waals surface area contributed by atoms with Crippen LogP contribution in [0.5, 0.6) is 0 Å². The normalized spacial score (nSPS) is 17.6. The first-order valence-corrected chi connectivity index (χ1v) is 14.4. The number of alkyl halides is 2. The molecular weight excluding hydrogens is 518 g/mol. The van der Waals surface area contributed by atoms with Gasteiger partial charge in [0.1, 0.15) is 11.6 Å². The summed E-state index contributed by atoms with van der Waals surface area (Å²) in [6.45, 7) is 6.11. The Morgan fingerprint density at radius 1 is 1.26 bits per heavy atom. The van der Waals surface area contributed by atoms with E-state index in [4.69, 9.17) is 5.41 Å². The van der Waals surface area contributed by atoms with E-state index in [1.807, 2.05) is 20.8 Å². The number of hydrogen-bond acceptors (Lipinski definition) is 7. The van der Waals surface area contributed by atoms with Crippen molar-refractivity contribution in [3.05, 3.63) is 51.0 Å². The van der Waals surface area contributed by atoms with Crippen molar-refractivity contribution in [3.8, 4) is 12.8 Å². The van der Waals surface area contributed by atoms with Crippen molar-refractivity contribution in [1.82, 2.24) is 9.88 Å². The molecule has 0 aromatic carbocycles. The first kappa shape index (κ1) is 36.5. The van der Waals surface area contributed by atoms with Gasteiger partial charge >= 0.3 is 6.61 Å². The minimum atomic E-state index is -2.71. The molecule has 1 saturated carbocycles. The van der Waals surface area contributed by atoms with E-state index in [2.05, 4.69) is 33.2 Å². The molecule has 2 aliphatic carbocycles. The van der Waals surface area contributed by atoms with Crippen LogP contribution in [0.2, 0.25) is 0 Å². The Hall–Kier alpha value is -2.51. The van der Waals surface area contributed by atoms with Crippen LogP contribution in [0.15, 0.2) is 35.5 Å². The van der Waals surface area contributed by atoms with Gasteiger partial charge in [0.2, 0.25) is 0 Å². The lowest BCUT2D eigenvalue weighted by atomic mass is 9.87. The molecule has 0 unspecified atom stereocenters. The van der Waals surface area contributed by atoms with Crippen LogP contribution in [-0.2, 0) is 29.1 Å². The number of nitrogens with two attached hydrogens (primary N) is 1. The largest absolute Gasteiger partial charge is 0.345 e. The lowest BCUT2D eigenvalue weighted by Gasteiger charge is -2.29. The van der Waals surface area contributed by atoms with Gasteiger partial charge in [-0.1, -0.05) is 64.2 Å². The van der Waals surface area contributed by atoms with Crippen LogP contribution in [-0.4, -0.2) is 48.6 Å². The van der Waals surface area contributed by atoms with Crippen molar-refractivity contribution in [3.63, 3.8) is 0 Å². The fourth-order valence-corrected chi connectivity index (χ4v) is 5.53. The molecule has 0 amide bonds. The van der Waals surface area contributed by atoms with E-state index >= 15 is 0 Å². The number of carbonyl (C=O) groups is 1. The third-order valence-electron chi connectivity index (χ3n) is 6.32. The highest BCUT2D eigenvalue weighted by Crippen LogP contribution is 2.29. The number of aldehydes is 1. The minimum absolute atomic E-state index is 0.0720. The Morgan fingerprint density at radius 2 is 1.92 bits per heavy atom. The van der Waals surface area contributed by atoms with Gasteiger partial charge in [-0.05, 0) is 45.4 Å². The van der Waals surface area contributed by atoms with Gasteiger partial charge in [-0.15, -0.1) is 24.2 Å². The van der Waals surface area contributed by atoms with E-state index in [0.717, 1.165) is 44.0 Å². The molecule has 3 aliphatic rings. The molecule has 0 spiro atoms. The predicted octanol–water partition coefficient (Wildman–Crippen LogP) is 6.71. The van der Waals surface area contributed by atoms with E-state index < -0.39 is 6.61 Å². The third-order valence-corrected chi connectivity index (χ3v) is 7.45. The van der Waals surface area contributed by atoms with E-state index in [0.29, 0.717) is 21.9 Å². The summed E-state index contributed by atoms with van der Waals surface area (Å²) in [6.07, 6.45) is 24.9. The van der Waals surface area contributed by atoms with Gasteiger partial charge in [0.05, 0.1) is 11.4 Å². The van der Waals surface area contributed by atoms with E-state index in [9.17, 15) is 13.6 Å². The molecule has 3 N–H and O–H groups in total. The topological polar surface area (TPSA) is 92.3 Å². The number of aromatic nitrogens is 1. The zero-order chi connectivity index (χ0) is 29.6. The van der Waals surface area contributed by atoms with Crippen molar-refractivity contribution in [2.24, 2.45) is 11.7 Å². The molecule has 1 aromatic heterocycles. The van der Waals surface area contributed by atoms with Gasteiger partial charge in [-0.2, -0.15) is 8.78 Å². The van der Waals surface area contributed by atoms with Gasteiger partial charge in [-0.25, -0.2) is 4.98 Å². The molecular formula is C30H46F2N4O2S. The van der Waals surface area contributed by atoms with E-state index in [-0.39, 0.29) is 6.61 Å². The molecule has 1 fully saturated rings. The number of rotatable bonds is 7. The number of hydrogen-bond donors (Lipinski definition) is 2. The zero-order valence-electron chi connectivity index (χ0n) is 23.9. The molecule has 0 radical (unpaired) electrons. The number of ether oxygens (including phenoxy) is 1. The average Bonchev–Trinajstić information content (AvgIpc) is 3.41. The van der Waals surface area contributed by atoms with Crippen molar-refractivity contribution in [1.29, 1.82) is 5.41 Å². The SMILES string of the molecule is C#C.C/C=C1\C(=N)C=CC=C1C=O.CC.CN.FC(F)OCc1nc2c(s1)CCN(CCC1CCCCC1)C2. The summed E-state index contributed by atoms with van der Waals surface area (Å²) in [5.74, 6) is 0.903. The Balaban J connectivity index is 0.000000717. The molecule has 218 valence electrons. The number of terminal acetylenes is 1. The molecule has 9 heteroatoms. The van der Waals surface area contributed by atoms with Crippen LogP contribution < -0.4 is 5.73 Å². The van der Waals surface area contributed by atoms with Gasteiger partial charge < -0.3 is 15.9 Å². The first-order chi connectivity index (χ1) is 19.0. The standard InChI is InChI=1S/C16H24F2N2OS.C9H9NO.C2H6.C2H2.CH5N/c17-16(18)21-11-15-19-13-10-20(9-7-14(13)22-15)8-6-12-4-2-1-3-5-12;1-2-8-7(6-11)4-3-5-9(8)10;3*1-2/h12,16H,1-11H2;2-6,10H,1H3;1-2H3;1-2H;2H2,1H3/b;8-2-,10-9?;;;. The number of halogens is 2. The molecule has 39 heavy (non-hydrogen) atoms. The first-order valence-electron chi connectivity index (χ1n) is 13.6. The summed E-state index contributed by atoms with van der Waals surface area (Å²) in [7, 11) is 1.50. The lowest BCUT2D eigenvalue weighted by molar-refractivity contribution is -0.137. The highest BCUT2D eigenvalue weighted by Gasteiger charge is 2.22. The van der Waals surface area contributed by atoms with Crippen molar-refractivity contribution >= 4 is 23.3 Å². The Labute approximate surface area is 237 Å². The molecule has 0 saturated heterocycles. The Morgan fingerprint density at radius 3 is 2.49 bits per heavy atom. The summed E-state index contributed by atoms with van der Waals surface area (Å²) in [4.78, 5) is 18.6. The van der Waals surface area contributed by atoms with E-state index in [1.165, 1.54) is 61.8 Å². The summed E-state index contributed by atoms with van der Waals surface area (Å²) >= 11 is 1.53. The molecule has 4 rings (SSSR count). The zero-order valence-corrected chi connectivity index (χ0v) is 24.7. The Bertz CT molecular complexity index is 948. The minimum Gasteiger partial charge on any atom is -0.333 e. The maximum absolute atomic E-state index is 12.1. The molecule has 1 aliphatic heterocycles. The molecule has 6 nitrogen and oxygen atoms in total. The lowest BCUT2D eigenvalue weighted by Crippen LogP contribution is -2.32. The van der Waals surface area contributed by atoms with Crippen LogP contribution in [0.25, 0.3) is 0 Å². The van der Waals surface area contributed by atoms with Crippen LogP contribution in [0, 0.1) is 24.2 Å². The summed E-state index contributed by atoms with van der Waals surface area (Å²) in [6, 6.07) is 0. The quantitative estimate of drug-likeness (QED) is 0.284. The predicted molar refractivity (Wildman–Crippen MR) is 159 cm³/mol. The number of carbonyl (C=O) groups excluding carboxylic acids is 1. The second-order valence-electron chi connectivity index (χ2n) is 8.58. The van der Waals surface area contributed by atoms with Crippen molar-refractivity contribution in [2.45, 2.75) is 85.5 Å². The smallest absolute Gasteiger partial charge is 0.333 e. The number of thiazole rings is 1. The molecule has 1 aromatic rings. The average molecular weight is 565 g/mol. The van der Waals surface area contributed by atoms with Crippen LogP contribution in [0.3, 0.4) is 0 Å². The fraction of sp³-hybridized carbons (Fsp3) is 0.567. The molecule has 0 bridgehead atoms. The van der Waals surface area contributed by atoms with E-state index in [1.54, 1.807) is 24.3 Å². The monoisotopic (exact) mass is 564 g/mol. The van der Waals surface area contributed by atoms with Gasteiger partial charge in [0.25, 0.3) is 0 Å². The van der Waals surface area contributed by atoms with Gasteiger partial charge in [0.15, 0.2) is 6.29 Å². The fourth-order valence-electron chi connectivity index (χ4n) is 4.54. The second-order valence-corrected chi connectivity index (χ2v) is 9.75. The summed E-state index contributed by atoms with van der Waals surface area (Å²) in [5, 5.41) is 8.10. The molecule has 0 atom stereocenters. The second kappa shape index (κ2) is 22.3. The number of nitrogens with one attached hydrogen (secondary N) is 1. The highest BCUT2D eigenvalue weighted by atomic mass is 32.1. The van der Waals surface area contributed by atoms with Crippen molar-refractivity contribution in [2.75, 3.05) is 20.1 Å². The summed E-state index contributed by atoms with van der Waals surface area (Å²) in [5.41, 5.74) is 7.27. The molecule has 2 heterocycles. The summed E-state index contributed by atoms with van der Waals surface area (Å²) < 4.78 is 28.5. The number of fused-ring (bicyclic) bond motifs is 1. The number of nitrogens with zero attached hydrogens (tertiary/aromatic N) is 2. The van der Waals surface area contributed by atoms with Crippen LogP contribution >= 0.6 is 11.3 Å². The maximum atomic E-state index is 12.1. The van der Waals surface area contributed by atoms with Gasteiger partial charge in [0, 0.05) is 29.1 Å². The number of allylic oxidation sites excluding steroid dienone is 6. The van der Waals surface area contributed by atoms with Gasteiger partial charge in [-0.3, -0.25) is 9.69 Å². The Kier molecular flexibility index (Phi) is 20.9. The third kappa shape index (κ3) is 13.4. The maximum Gasteiger partial charge on any atom is 0.345 e. The van der Waals surface area contributed by atoms with Crippen molar-refractivity contribution < 1.29 is 18.3 Å².